The molecule has 0 bridgehead atoms. The normalized spacial score (nSPS) is 11.7. The van der Waals surface area contributed by atoms with Gasteiger partial charge >= 0.3 is 6.03 Å². The molecule has 0 unspecified atom stereocenters. The summed E-state index contributed by atoms with van der Waals surface area (Å²) < 4.78 is 0. The first-order valence-electron chi connectivity index (χ1n) is 6.49. The molecule has 0 aliphatic carbocycles. The maximum atomic E-state index is 11.9. The van der Waals surface area contributed by atoms with Crippen molar-refractivity contribution in [3.8, 4) is 0 Å². The van der Waals surface area contributed by atoms with Gasteiger partial charge in [-0.05, 0) is 24.6 Å². The Kier molecular flexibility index (Phi) is 4.74. The number of amides is 2. The molecule has 104 valence electrons. The average Bonchev–Trinajstić information content (AvgIpc) is 2.48. The Bertz CT molecular complexity index is 552. The summed E-state index contributed by atoms with van der Waals surface area (Å²) in [6.45, 7) is 1.84. The number of rotatable bonds is 4. The molecule has 2 aromatic rings. The Morgan fingerprint density at radius 3 is 2.35 bits per heavy atom. The highest BCUT2D eigenvalue weighted by Gasteiger charge is 2.13. The molecular weight excluding hydrogens is 252 g/mol. The number of carbonyl (C=O) groups excluding carboxylic acids is 1. The fourth-order valence-electron chi connectivity index (χ4n) is 1.88. The molecule has 1 atom stereocenters. The van der Waals surface area contributed by atoms with Gasteiger partial charge in [0, 0.05) is 5.69 Å². The molecule has 0 heterocycles. The third-order valence-corrected chi connectivity index (χ3v) is 3.00. The minimum atomic E-state index is -0.415. The number of nitrogens with one attached hydrogen (secondary N) is 2. The van der Waals surface area contributed by atoms with Crippen LogP contribution in [-0.2, 0) is 0 Å². The van der Waals surface area contributed by atoms with Crippen molar-refractivity contribution in [1.82, 2.24) is 5.32 Å². The summed E-state index contributed by atoms with van der Waals surface area (Å²) in [5, 5.41) is 14.9. The summed E-state index contributed by atoms with van der Waals surface area (Å²) in [5.74, 6) is 0. The van der Waals surface area contributed by atoms with Gasteiger partial charge in [-0.15, -0.1) is 0 Å². The molecule has 2 rings (SSSR count). The molecule has 20 heavy (non-hydrogen) atoms. The summed E-state index contributed by atoms with van der Waals surface area (Å²) in [6.07, 6.45) is 0. The summed E-state index contributed by atoms with van der Waals surface area (Å²) >= 11 is 0. The van der Waals surface area contributed by atoms with E-state index in [2.05, 4.69) is 10.6 Å². The highest BCUT2D eigenvalue weighted by molar-refractivity contribution is 5.89. The summed E-state index contributed by atoms with van der Waals surface area (Å²) in [5.41, 5.74) is 2.72. The molecule has 0 radical (unpaired) electrons. The topological polar surface area (TPSA) is 61.4 Å². The maximum absolute atomic E-state index is 11.9. The molecular formula is C16H18N2O2. The van der Waals surface area contributed by atoms with Crippen molar-refractivity contribution in [2.24, 2.45) is 0 Å². The summed E-state index contributed by atoms with van der Waals surface area (Å²) in [7, 11) is 0. The Labute approximate surface area is 118 Å². The van der Waals surface area contributed by atoms with Crippen molar-refractivity contribution in [3.05, 3.63) is 65.7 Å². The van der Waals surface area contributed by atoms with Gasteiger partial charge in [0.05, 0.1) is 12.6 Å². The number of aliphatic hydroxyl groups excluding tert-OH is 1. The Balaban J connectivity index is 1.97. The minimum Gasteiger partial charge on any atom is -0.394 e. The largest absolute Gasteiger partial charge is 0.394 e. The van der Waals surface area contributed by atoms with Crippen LogP contribution in [0.1, 0.15) is 17.2 Å². The molecule has 3 N–H and O–H groups in total. The van der Waals surface area contributed by atoms with E-state index >= 15 is 0 Å². The third-order valence-electron chi connectivity index (χ3n) is 3.00. The van der Waals surface area contributed by atoms with E-state index in [-0.39, 0.29) is 12.6 Å². The van der Waals surface area contributed by atoms with Gasteiger partial charge < -0.3 is 15.7 Å². The van der Waals surface area contributed by atoms with Crippen LogP contribution in [0.3, 0.4) is 0 Å². The monoisotopic (exact) mass is 270 g/mol. The van der Waals surface area contributed by atoms with Gasteiger partial charge in [-0.25, -0.2) is 4.79 Å². The van der Waals surface area contributed by atoms with E-state index in [4.69, 9.17) is 0 Å². The number of anilines is 1. The lowest BCUT2D eigenvalue weighted by Crippen LogP contribution is -2.34. The van der Waals surface area contributed by atoms with Gasteiger partial charge in [-0.1, -0.05) is 48.0 Å². The number of carbonyl (C=O) groups is 1. The van der Waals surface area contributed by atoms with Crippen LogP contribution in [0.25, 0.3) is 0 Å². The first-order chi connectivity index (χ1) is 9.69. The second-order valence-corrected chi connectivity index (χ2v) is 4.61. The van der Waals surface area contributed by atoms with Crippen LogP contribution in [0, 0.1) is 6.92 Å². The van der Waals surface area contributed by atoms with Gasteiger partial charge in [0.15, 0.2) is 0 Å². The van der Waals surface area contributed by atoms with E-state index < -0.39 is 6.04 Å². The summed E-state index contributed by atoms with van der Waals surface area (Å²) in [6, 6.07) is 16.2. The van der Waals surface area contributed by atoms with Crippen molar-refractivity contribution in [2.75, 3.05) is 11.9 Å². The summed E-state index contributed by atoms with van der Waals surface area (Å²) in [4.78, 5) is 11.9. The number of aryl methyl sites for hydroxylation is 1. The van der Waals surface area contributed by atoms with E-state index in [0.717, 1.165) is 16.8 Å². The van der Waals surface area contributed by atoms with E-state index in [1.807, 2.05) is 61.5 Å². The lowest BCUT2D eigenvalue weighted by Gasteiger charge is -2.17. The van der Waals surface area contributed by atoms with Gasteiger partial charge in [0.1, 0.15) is 0 Å². The smallest absolute Gasteiger partial charge is 0.319 e. The van der Waals surface area contributed by atoms with E-state index in [1.54, 1.807) is 0 Å². The minimum absolute atomic E-state index is 0.147. The third kappa shape index (κ3) is 3.83. The zero-order valence-corrected chi connectivity index (χ0v) is 11.3. The zero-order valence-electron chi connectivity index (χ0n) is 11.3. The van der Waals surface area contributed by atoms with Crippen LogP contribution >= 0.6 is 0 Å². The van der Waals surface area contributed by atoms with Gasteiger partial charge in [0.2, 0.25) is 0 Å². The van der Waals surface area contributed by atoms with E-state index in [9.17, 15) is 9.90 Å². The number of hydrogen-bond acceptors (Lipinski definition) is 2. The predicted molar refractivity (Wildman–Crippen MR) is 79.6 cm³/mol. The Hall–Kier alpha value is -2.33. The second kappa shape index (κ2) is 6.73. The standard InChI is InChI=1S/C16H18N2O2/c1-12-7-9-14(10-8-12)17-16(20)18-15(11-19)13-5-3-2-4-6-13/h2-10,15,19H,11H2,1H3,(H2,17,18,20)/t15-/m1/s1. The van der Waals surface area contributed by atoms with Crippen molar-refractivity contribution in [1.29, 1.82) is 0 Å². The lowest BCUT2D eigenvalue weighted by atomic mass is 10.1. The van der Waals surface area contributed by atoms with Crippen LogP contribution in [0.15, 0.2) is 54.6 Å². The molecule has 0 saturated carbocycles. The van der Waals surface area contributed by atoms with E-state index in [0.29, 0.717) is 0 Å². The van der Waals surface area contributed by atoms with Crippen LogP contribution in [-0.4, -0.2) is 17.7 Å². The fourth-order valence-corrected chi connectivity index (χ4v) is 1.88. The molecule has 0 spiro atoms. The average molecular weight is 270 g/mol. The van der Waals surface area contributed by atoms with Gasteiger partial charge in [-0.3, -0.25) is 0 Å². The van der Waals surface area contributed by atoms with Crippen molar-refractivity contribution < 1.29 is 9.90 Å². The van der Waals surface area contributed by atoms with Crippen LogP contribution in [0.5, 0.6) is 0 Å². The van der Waals surface area contributed by atoms with Gasteiger partial charge in [-0.2, -0.15) is 0 Å². The highest BCUT2D eigenvalue weighted by atomic mass is 16.3. The van der Waals surface area contributed by atoms with Crippen molar-refractivity contribution in [3.63, 3.8) is 0 Å². The number of aliphatic hydroxyl groups is 1. The molecule has 0 aromatic heterocycles. The molecule has 0 saturated heterocycles. The van der Waals surface area contributed by atoms with Crippen LogP contribution < -0.4 is 10.6 Å². The lowest BCUT2D eigenvalue weighted by molar-refractivity contribution is 0.225. The first-order valence-corrected chi connectivity index (χ1v) is 6.49. The van der Waals surface area contributed by atoms with Crippen LogP contribution in [0.2, 0.25) is 0 Å². The van der Waals surface area contributed by atoms with Crippen LogP contribution in [0.4, 0.5) is 10.5 Å². The SMILES string of the molecule is Cc1ccc(NC(=O)N[C@H](CO)c2ccccc2)cc1. The molecule has 2 aromatic carbocycles. The molecule has 2 amide bonds. The fraction of sp³-hybridized carbons (Fsp3) is 0.188. The molecule has 0 aliphatic heterocycles. The van der Waals surface area contributed by atoms with Crippen molar-refractivity contribution in [2.45, 2.75) is 13.0 Å². The highest BCUT2D eigenvalue weighted by Crippen LogP contribution is 2.13. The Morgan fingerprint density at radius 2 is 1.75 bits per heavy atom. The quantitative estimate of drug-likeness (QED) is 0.800. The van der Waals surface area contributed by atoms with Crippen molar-refractivity contribution >= 4 is 11.7 Å². The molecule has 0 aliphatic rings. The number of hydrogen-bond donors (Lipinski definition) is 3. The predicted octanol–water partition coefficient (Wildman–Crippen LogP) is 2.85. The molecule has 0 fully saturated rings. The van der Waals surface area contributed by atoms with E-state index in [1.165, 1.54) is 0 Å². The number of urea groups is 1. The Morgan fingerprint density at radius 1 is 1.10 bits per heavy atom. The van der Waals surface area contributed by atoms with Gasteiger partial charge in [0.25, 0.3) is 0 Å². The maximum Gasteiger partial charge on any atom is 0.319 e. The molecule has 4 heteroatoms. The first kappa shape index (κ1) is 14.1. The molecule has 4 nitrogen and oxygen atoms in total. The zero-order chi connectivity index (χ0) is 14.4. The number of benzene rings is 2. The second-order valence-electron chi connectivity index (χ2n) is 4.61.